The smallest absolute Gasteiger partial charge is 0.335 e. The summed E-state index contributed by atoms with van der Waals surface area (Å²) in [5.41, 5.74) is 1.23. The van der Waals surface area contributed by atoms with Gasteiger partial charge >= 0.3 is 5.97 Å². The second-order valence-corrected chi connectivity index (χ2v) is 6.15. The standard InChI is InChI=1S/C19H14ClN3O4/c1-10(24)21-13-5-2-11(3-6-13)8-15(20)17-22-16-9-12(19(26)27)4-7-14(16)18(25)23-17/h2-9H,1H3,(H,21,24)(H,26,27)(H,22,23,25). The lowest BCUT2D eigenvalue weighted by atomic mass is 10.1. The van der Waals surface area contributed by atoms with E-state index in [1.54, 1.807) is 30.3 Å². The van der Waals surface area contributed by atoms with Gasteiger partial charge in [-0.25, -0.2) is 9.78 Å². The number of fused-ring (bicyclic) bond motifs is 1. The van der Waals surface area contributed by atoms with Crippen LogP contribution in [0.5, 0.6) is 0 Å². The van der Waals surface area contributed by atoms with E-state index in [4.69, 9.17) is 16.7 Å². The lowest BCUT2D eigenvalue weighted by molar-refractivity contribution is -0.114. The molecule has 2 aromatic carbocycles. The minimum atomic E-state index is -1.11. The van der Waals surface area contributed by atoms with Crippen molar-refractivity contribution in [2.75, 3.05) is 5.32 Å². The first kappa shape index (κ1) is 18.3. The van der Waals surface area contributed by atoms with Crippen LogP contribution in [0.2, 0.25) is 0 Å². The van der Waals surface area contributed by atoms with Crippen LogP contribution < -0.4 is 10.9 Å². The largest absolute Gasteiger partial charge is 0.478 e. The Bertz CT molecular complexity index is 1130. The van der Waals surface area contributed by atoms with Gasteiger partial charge in [0.25, 0.3) is 5.56 Å². The summed E-state index contributed by atoms with van der Waals surface area (Å²) in [6.07, 6.45) is 1.60. The predicted molar refractivity (Wildman–Crippen MR) is 104 cm³/mol. The third kappa shape index (κ3) is 4.21. The number of amides is 1. The monoisotopic (exact) mass is 383 g/mol. The average molecular weight is 384 g/mol. The molecule has 136 valence electrons. The van der Waals surface area contributed by atoms with Gasteiger partial charge in [-0.1, -0.05) is 23.7 Å². The molecule has 0 unspecified atom stereocenters. The molecule has 0 spiro atoms. The van der Waals surface area contributed by atoms with Crippen LogP contribution in [-0.4, -0.2) is 27.0 Å². The number of aromatic amines is 1. The Morgan fingerprint density at radius 2 is 1.89 bits per heavy atom. The van der Waals surface area contributed by atoms with Crippen LogP contribution >= 0.6 is 11.6 Å². The van der Waals surface area contributed by atoms with E-state index in [0.29, 0.717) is 5.69 Å². The highest BCUT2D eigenvalue weighted by Crippen LogP contribution is 2.21. The first-order valence-corrected chi connectivity index (χ1v) is 8.24. The Hall–Kier alpha value is -3.45. The summed E-state index contributed by atoms with van der Waals surface area (Å²) in [6, 6.07) is 11.0. The highest BCUT2D eigenvalue weighted by atomic mass is 35.5. The molecule has 0 saturated carbocycles. The molecule has 1 amide bonds. The van der Waals surface area contributed by atoms with E-state index in [1.165, 1.54) is 25.1 Å². The molecule has 7 nitrogen and oxygen atoms in total. The minimum absolute atomic E-state index is 0.0280. The summed E-state index contributed by atoms with van der Waals surface area (Å²) < 4.78 is 0. The number of carboxylic acids is 1. The molecule has 0 aliphatic rings. The van der Waals surface area contributed by atoms with Crippen LogP contribution in [-0.2, 0) is 4.79 Å². The van der Waals surface area contributed by atoms with Crippen LogP contribution in [0.25, 0.3) is 22.0 Å². The second kappa shape index (κ2) is 7.43. The van der Waals surface area contributed by atoms with Crippen LogP contribution in [0.4, 0.5) is 5.69 Å². The molecule has 0 aliphatic heterocycles. The maximum atomic E-state index is 12.2. The normalized spacial score (nSPS) is 11.4. The van der Waals surface area contributed by atoms with Gasteiger partial charge in [-0.2, -0.15) is 0 Å². The Balaban J connectivity index is 1.98. The molecule has 27 heavy (non-hydrogen) atoms. The van der Waals surface area contributed by atoms with Crippen molar-refractivity contribution in [3.63, 3.8) is 0 Å². The molecular formula is C19H14ClN3O4. The number of H-pyrrole nitrogens is 1. The van der Waals surface area contributed by atoms with E-state index in [0.717, 1.165) is 5.56 Å². The van der Waals surface area contributed by atoms with Crippen molar-refractivity contribution in [3.8, 4) is 0 Å². The Morgan fingerprint density at radius 1 is 1.19 bits per heavy atom. The lowest BCUT2D eigenvalue weighted by Crippen LogP contribution is -2.11. The van der Waals surface area contributed by atoms with Crippen molar-refractivity contribution < 1.29 is 14.7 Å². The lowest BCUT2D eigenvalue weighted by Gasteiger charge is -2.04. The molecule has 1 aromatic heterocycles. The third-order valence-electron chi connectivity index (χ3n) is 3.70. The van der Waals surface area contributed by atoms with Crippen molar-refractivity contribution in [2.24, 2.45) is 0 Å². The molecule has 0 bridgehead atoms. The van der Waals surface area contributed by atoms with Gasteiger partial charge < -0.3 is 15.4 Å². The van der Waals surface area contributed by atoms with Crippen LogP contribution in [0, 0.1) is 0 Å². The van der Waals surface area contributed by atoms with Crippen molar-refractivity contribution in [3.05, 3.63) is 69.8 Å². The van der Waals surface area contributed by atoms with Gasteiger partial charge in [0.15, 0.2) is 5.82 Å². The summed E-state index contributed by atoms with van der Waals surface area (Å²) in [4.78, 5) is 41.2. The van der Waals surface area contributed by atoms with Gasteiger partial charge in [-0.15, -0.1) is 0 Å². The Kier molecular flexibility index (Phi) is 5.05. The number of nitrogens with one attached hydrogen (secondary N) is 2. The zero-order valence-corrected chi connectivity index (χ0v) is 14.9. The van der Waals surface area contributed by atoms with Crippen LogP contribution in [0.15, 0.2) is 47.3 Å². The Morgan fingerprint density at radius 3 is 2.52 bits per heavy atom. The van der Waals surface area contributed by atoms with Crippen LogP contribution in [0.1, 0.15) is 28.7 Å². The molecule has 0 saturated heterocycles. The van der Waals surface area contributed by atoms with Crippen molar-refractivity contribution in [1.29, 1.82) is 0 Å². The zero-order chi connectivity index (χ0) is 19.6. The van der Waals surface area contributed by atoms with E-state index < -0.39 is 11.5 Å². The van der Waals surface area contributed by atoms with Gasteiger partial charge in [0.1, 0.15) is 0 Å². The molecule has 3 rings (SSSR count). The fraction of sp³-hybridized carbons (Fsp3) is 0.0526. The van der Waals surface area contributed by atoms with Gasteiger partial charge in [0.05, 0.1) is 21.5 Å². The number of nitrogens with zero attached hydrogens (tertiary/aromatic N) is 1. The van der Waals surface area contributed by atoms with Crippen LogP contribution in [0.3, 0.4) is 0 Å². The van der Waals surface area contributed by atoms with Gasteiger partial charge in [-0.3, -0.25) is 9.59 Å². The van der Waals surface area contributed by atoms with E-state index in [2.05, 4.69) is 15.3 Å². The first-order chi connectivity index (χ1) is 12.8. The SMILES string of the molecule is CC(=O)Nc1ccc(C=C(Cl)c2nc3cc(C(=O)O)ccc3c(=O)[nH]2)cc1. The fourth-order valence-corrected chi connectivity index (χ4v) is 2.68. The number of hydrogen-bond donors (Lipinski definition) is 3. The molecule has 3 aromatic rings. The summed E-state index contributed by atoms with van der Waals surface area (Å²) >= 11 is 6.28. The van der Waals surface area contributed by atoms with Crippen molar-refractivity contribution in [1.82, 2.24) is 9.97 Å². The maximum absolute atomic E-state index is 12.2. The number of aromatic carboxylic acids is 1. The number of rotatable bonds is 4. The molecule has 8 heteroatoms. The highest BCUT2D eigenvalue weighted by molar-refractivity contribution is 6.50. The molecule has 0 radical (unpaired) electrons. The quantitative estimate of drug-likeness (QED) is 0.639. The topological polar surface area (TPSA) is 112 Å². The fourth-order valence-electron chi connectivity index (χ4n) is 2.47. The average Bonchev–Trinajstić information content (AvgIpc) is 2.62. The van der Waals surface area contributed by atoms with Crippen molar-refractivity contribution in [2.45, 2.75) is 6.92 Å². The maximum Gasteiger partial charge on any atom is 0.335 e. The number of carbonyl (C=O) groups excluding carboxylic acids is 1. The van der Waals surface area contributed by atoms with E-state index in [1.807, 2.05) is 0 Å². The molecule has 0 fully saturated rings. The number of hydrogen-bond acceptors (Lipinski definition) is 4. The van der Waals surface area contributed by atoms with Gasteiger partial charge in [0, 0.05) is 12.6 Å². The highest BCUT2D eigenvalue weighted by Gasteiger charge is 2.10. The summed E-state index contributed by atoms with van der Waals surface area (Å²) in [6.45, 7) is 1.42. The number of halogens is 1. The summed E-state index contributed by atoms with van der Waals surface area (Å²) in [5, 5.41) is 12.2. The Labute approximate surface area is 158 Å². The summed E-state index contributed by atoms with van der Waals surface area (Å²) in [7, 11) is 0. The zero-order valence-electron chi connectivity index (χ0n) is 14.1. The second-order valence-electron chi connectivity index (χ2n) is 5.75. The molecule has 1 heterocycles. The minimum Gasteiger partial charge on any atom is -0.478 e. The number of carboxylic acid groups (broad SMARTS) is 1. The number of anilines is 1. The molecule has 0 aliphatic carbocycles. The van der Waals surface area contributed by atoms with Gasteiger partial charge in [-0.05, 0) is 42.0 Å². The molecule has 3 N–H and O–H groups in total. The van der Waals surface area contributed by atoms with E-state index >= 15 is 0 Å². The predicted octanol–water partition coefficient (Wildman–Crippen LogP) is 3.32. The number of carbonyl (C=O) groups is 2. The number of benzene rings is 2. The van der Waals surface area contributed by atoms with E-state index in [-0.39, 0.29) is 33.2 Å². The van der Waals surface area contributed by atoms with Gasteiger partial charge in [0.2, 0.25) is 5.91 Å². The molecular weight excluding hydrogens is 370 g/mol. The molecule has 0 atom stereocenters. The summed E-state index contributed by atoms with van der Waals surface area (Å²) in [5.74, 6) is -1.15. The first-order valence-electron chi connectivity index (χ1n) is 7.86. The number of aromatic nitrogens is 2. The van der Waals surface area contributed by atoms with Crippen molar-refractivity contribution >= 4 is 51.2 Å². The third-order valence-corrected chi connectivity index (χ3v) is 3.99. The van der Waals surface area contributed by atoms with E-state index in [9.17, 15) is 14.4 Å².